The van der Waals surface area contributed by atoms with E-state index in [1.165, 1.54) is 5.69 Å². The Morgan fingerprint density at radius 1 is 0.829 bits per heavy atom. The topological polar surface area (TPSA) is 74.1 Å². The Kier molecular flexibility index (Phi) is 6.17. The number of benzene rings is 2. The Bertz CT molecular complexity index is 1210. The molecular formula is C26H30N8O. The number of aromatic nitrogens is 3. The number of ether oxygens (including phenoxy) is 1. The van der Waals surface area contributed by atoms with E-state index in [0.717, 1.165) is 81.1 Å². The van der Waals surface area contributed by atoms with Crippen molar-refractivity contribution in [2.75, 3.05) is 73.9 Å². The van der Waals surface area contributed by atoms with Crippen LogP contribution in [-0.4, -0.2) is 79.6 Å². The lowest BCUT2D eigenvalue weighted by atomic mass is 10.1. The van der Waals surface area contributed by atoms with Gasteiger partial charge in [0.05, 0.1) is 24.6 Å². The zero-order valence-electron chi connectivity index (χ0n) is 19.8. The van der Waals surface area contributed by atoms with Gasteiger partial charge in [0, 0.05) is 62.4 Å². The Hall–Kier alpha value is -3.69. The van der Waals surface area contributed by atoms with E-state index in [0.29, 0.717) is 6.67 Å². The summed E-state index contributed by atoms with van der Waals surface area (Å²) in [5.41, 5.74) is 5.47. The molecule has 3 aromatic rings. The van der Waals surface area contributed by atoms with E-state index in [9.17, 15) is 0 Å². The molecule has 1 N–H and O–H groups in total. The number of piperazine rings is 1. The quantitative estimate of drug-likeness (QED) is 0.613. The van der Waals surface area contributed by atoms with E-state index in [1.807, 2.05) is 4.68 Å². The van der Waals surface area contributed by atoms with Gasteiger partial charge >= 0.3 is 0 Å². The minimum absolute atomic E-state index is 0.587. The van der Waals surface area contributed by atoms with Crippen molar-refractivity contribution in [3.05, 3.63) is 72.7 Å². The van der Waals surface area contributed by atoms with Crippen LogP contribution < -0.4 is 20.0 Å². The highest BCUT2D eigenvalue weighted by molar-refractivity contribution is 6.10. The third-order valence-electron chi connectivity index (χ3n) is 6.65. The monoisotopic (exact) mass is 470 g/mol. The van der Waals surface area contributed by atoms with Crippen molar-refractivity contribution in [3.63, 3.8) is 0 Å². The van der Waals surface area contributed by atoms with Crippen LogP contribution in [0.3, 0.4) is 0 Å². The highest BCUT2D eigenvalue weighted by Gasteiger charge is 2.16. The number of rotatable bonds is 5. The number of allylic oxidation sites excluding steroid dienone is 1. The van der Waals surface area contributed by atoms with Gasteiger partial charge in [-0.05, 0) is 42.5 Å². The molecule has 9 nitrogen and oxygen atoms in total. The summed E-state index contributed by atoms with van der Waals surface area (Å²) in [6.07, 6.45) is 5.98. The van der Waals surface area contributed by atoms with E-state index in [1.54, 1.807) is 6.33 Å². The predicted molar refractivity (Wildman–Crippen MR) is 139 cm³/mol. The first-order valence-electron chi connectivity index (χ1n) is 12.2. The Morgan fingerprint density at radius 2 is 1.63 bits per heavy atom. The summed E-state index contributed by atoms with van der Waals surface area (Å²) < 4.78 is 7.32. The van der Waals surface area contributed by atoms with Crippen molar-refractivity contribution >= 4 is 23.0 Å². The lowest BCUT2D eigenvalue weighted by Crippen LogP contribution is -2.44. The fourth-order valence-corrected chi connectivity index (χ4v) is 4.64. The molecule has 6 rings (SSSR count). The summed E-state index contributed by atoms with van der Waals surface area (Å²) in [5.74, 6) is 0.786. The molecule has 4 heterocycles. The number of hydrogen-bond donors (Lipinski definition) is 1. The van der Waals surface area contributed by atoms with E-state index in [-0.39, 0.29) is 0 Å². The van der Waals surface area contributed by atoms with Gasteiger partial charge in [0.15, 0.2) is 0 Å². The number of aliphatic imine (C=N–C) groups is 1. The number of morpholine rings is 1. The van der Waals surface area contributed by atoms with Crippen LogP contribution >= 0.6 is 0 Å². The molecule has 0 unspecified atom stereocenters. The highest BCUT2D eigenvalue weighted by atomic mass is 16.5. The van der Waals surface area contributed by atoms with Crippen LogP contribution in [0, 0.1) is 0 Å². The first-order valence-corrected chi connectivity index (χ1v) is 12.2. The average molecular weight is 471 g/mol. The minimum atomic E-state index is 0.587. The Morgan fingerprint density at radius 3 is 2.40 bits per heavy atom. The molecule has 3 aliphatic heterocycles. The van der Waals surface area contributed by atoms with Crippen molar-refractivity contribution in [1.29, 1.82) is 0 Å². The smallest absolute Gasteiger partial charge is 0.245 e. The van der Waals surface area contributed by atoms with Crippen LogP contribution in [0.1, 0.15) is 5.56 Å². The lowest BCUT2D eigenvalue weighted by Gasteiger charge is -2.29. The maximum atomic E-state index is 5.49. The molecule has 2 fully saturated rings. The summed E-state index contributed by atoms with van der Waals surface area (Å²) in [6, 6.07) is 17.0. The summed E-state index contributed by atoms with van der Waals surface area (Å²) >= 11 is 0. The predicted octanol–water partition coefficient (Wildman–Crippen LogP) is 2.29. The molecule has 1 aromatic heterocycles. The molecule has 0 saturated carbocycles. The maximum absolute atomic E-state index is 5.49. The van der Waals surface area contributed by atoms with Gasteiger partial charge in [0.1, 0.15) is 13.0 Å². The zero-order chi connectivity index (χ0) is 23.5. The van der Waals surface area contributed by atoms with E-state index >= 15 is 0 Å². The maximum Gasteiger partial charge on any atom is 0.245 e. The minimum Gasteiger partial charge on any atom is -0.378 e. The van der Waals surface area contributed by atoms with Crippen molar-refractivity contribution in [2.24, 2.45) is 4.99 Å². The van der Waals surface area contributed by atoms with Crippen molar-refractivity contribution in [2.45, 2.75) is 0 Å². The average Bonchev–Trinajstić information content (AvgIpc) is 3.45. The van der Waals surface area contributed by atoms with Crippen molar-refractivity contribution in [1.82, 2.24) is 20.1 Å². The molecule has 0 radical (unpaired) electrons. The molecule has 0 amide bonds. The summed E-state index contributed by atoms with van der Waals surface area (Å²) in [6.45, 7) is 7.83. The number of anilines is 3. The fraction of sp³-hybridized carbons (Fsp3) is 0.346. The molecule has 3 aliphatic rings. The first-order chi connectivity index (χ1) is 17.3. The Labute approximate surface area is 205 Å². The normalized spacial score (nSPS) is 18.6. The number of nitrogens with zero attached hydrogens (tertiary/aromatic N) is 7. The number of hydrogen-bond acceptors (Lipinski definition) is 8. The second-order valence-corrected chi connectivity index (χ2v) is 8.86. The fourth-order valence-electron chi connectivity index (χ4n) is 4.64. The summed E-state index contributed by atoms with van der Waals surface area (Å²) in [7, 11) is 0. The van der Waals surface area contributed by atoms with Gasteiger partial charge in [-0.15, -0.1) is 5.10 Å². The lowest BCUT2D eigenvalue weighted by molar-refractivity contribution is 0.122. The number of nitrogens with one attached hydrogen (secondary N) is 1. The van der Waals surface area contributed by atoms with Crippen LogP contribution in [0.25, 0.3) is 5.69 Å². The zero-order valence-corrected chi connectivity index (χ0v) is 19.8. The van der Waals surface area contributed by atoms with Crippen LogP contribution in [0.5, 0.6) is 0 Å². The van der Waals surface area contributed by atoms with Crippen LogP contribution in [0.15, 0.2) is 72.1 Å². The van der Waals surface area contributed by atoms with Gasteiger partial charge in [-0.1, -0.05) is 12.1 Å². The molecule has 0 atom stereocenters. The summed E-state index contributed by atoms with van der Waals surface area (Å²) in [4.78, 5) is 16.1. The van der Waals surface area contributed by atoms with Gasteiger partial charge in [-0.25, -0.2) is 4.68 Å². The molecule has 0 spiro atoms. The molecule has 2 aromatic carbocycles. The third-order valence-corrected chi connectivity index (χ3v) is 6.65. The largest absolute Gasteiger partial charge is 0.378 e. The second kappa shape index (κ2) is 9.89. The van der Waals surface area contributed by atoms with E-state index in [2.05, 4.69) is 90.9 Å². The van der Waals surface area contributed by atoms with Crippen LogP contribution in [-0.2, 0) is 4.74 Å². The van der Waals surface area contributed by atoms with Crippen LogP contribution in [0.4, 0.5) is 17.3 Å². The molecule has 0 aliphatic carbocycles. The van der Waals surface area contributed by atoms with Gasteiger partial charge in [-0.2, -0.15) is 4.98 Å². The molecule has 0 bridgehead atoms. The van der Waals surface area contributed by atoms with Crippen molar-refractivity contribution in [3.8, 4) is 5.69 Å². The summed E-state index contributed by atoms with van der Waals surface area (Å²) in [5, 5.41) is 8.03. The Balaban J connectivity index is 1.11. The first kappa shape index (κ1) is 21.8. The van der Waals surface area contributed by atoms with E-state index < -0.39 is 0 Å². The van der Waals surface area contributed by atoms with E-state index in [4.69, 9.17) is 9.73 Å². The van der Waals surface area contributed by atoms with Gasteiger partial charge in [-0.3, -0.25) is 4.99 Å². The SMILES string of the molecule is C1=CN(c2ccc(-n3cnc(N4CCNCC4)n3)cc2)CN=C1c1cccc(N2CCOCC2)c1. The third kappa shape index (κ3) is 4.78. The molecule has 35 heavy (non-hydrogen) atoms. The second-order valence-electron chi connectivity index (χ2n) is 8.86. The standard InChI is InChI=1S/C26H30N8O/c1-2-21(18-24(3-1)31-14-16-35-17-15-31)25-8-11-33(19-28-25)22-4-6-23(7-5-22)34-20-29-26(30-34)32-12-9-27-10-13-32/h1-8,11,18,20,27H,9-10,12-17,19H2. The molecule has 180 valence electrons. The molecular weight excluding hydrogens is 440 g/mol. The van der Waals surface area contributed by atoms with Crippen molar-refractivity contribution < 1.29 is 4.74 Å². The highest BCUT2D eigenvalue weighted by Crippen LogP contribution is 2.23. The van der Waals surface area contributed by atoms with Gasteiger partial charge in [0.25, 0.3) is 0 Å². The molecule has 2 saturated heterocycles. The molecule has 9 heteroatoms. The van der Waals surface area contributed by atoms with Gasteiger partial charge < -0.3 is 24.8 Å². The van der Waals surface area contributed by atoms with Gasteiger partial charge in [0.2, 0.25) is 5.95 Å². The van der Waals surface area contributed by atoms with Crippen LogP contribution in [0.2, 0.25) is 0 Å².